The number of thiazole rings is 1. The van der Waals surface area contributed by atoms with Crippen molar-refractivity contribution < 1.29 is 9.90 Å². The van der Waals surface area contributed by atoms with Gasteiger partial charge in [-0.25, -0.2) is 9.78 Å². The van der Waals surface area contributed by atoms with Crippen LogP contribution >= 0.6 is 11.3 Å². The van der Waals surface area contributed by atoms with Crippen LogP contribution in [0.1, 0.15) is 21.6 Å². The average Bonchev–Trinajstić information content (AvgIpc) is 2.85. The van der Waals surface area contributed by atoms with Gasteiger partial charge in [-0.05, 0) is 30.5 Å². The van der Waals surface area contributed by atoms with Gasteiger partial charge in [0.05, 0.1) is 11.3 Å². The Morgan fingerprint density at radius 2 is 2.32 bits per heavy atom. The molecule has 0 spiro atoms. The Morgan fingerprint density at radius 1 is 1.47 bits per heavy atom. The fraction of sp³-hybridized carbons (Fsp3) is 0.154. The molecular weight excluding hydrogens is 262 g/mol. The van der Waals surface area contributed by atoms with Crippen LogP contribution in [-0.2, 0) is 12.8 Å². The third kappa shape index (κ3) is 3.62. The third-order valence-corrected chi connectivity index (χ3v) is 3.37. The molecule has 19 heavy (non-hydrogen) atoms. The highest BCUT2D eigenvalue weighted by Gasteiger charge is 2.05. The zero-order chi connectivity index (χ0) is 13.7. The number of rotatable bonds is 6. The van der Waals surface area contributed by atoms with Gasteiger partial charge in [0.2, 0.25) is 5.13 Å². The minimum absolute atomic E-state index is 0.314. The van der Waals surface area contributed by atoms with E-state index in [9.17, 15) is 4.79 Å². The van der Waals surface area contributed by atoms with Gasteiger partial charge in [0.1, 0.15) is 0 Å². The molecule has 0 amide bonds. The van der Waals surface area contributed by atoms with Crippen LogP contribution < -0.4 is 5.43 Å². The molecule has 1 aromatic heterocycles. The summed E-state index contributed by atoms with van der Waals surface area (Å²) in [4.78, 5) is 15.2. The molecule has 0 aliphatic carbocycles. The summed E-state index contributed by atoms with van der Waals surface area (Å²) in [6, 6.07) is 6.96. The van der Waals surface area contributed by atoms with Gasteiger partial charge in [0.25, 0.3) is 0 Å². The summed E-state index contributed by atoms with van der Waals surface area (Å²) in [7, 11) is 0. The summed E-state index contributed by atoms with van der Waals surface area (Å²) in [6.45, 7) is 3.33. The van der Waals surface area contributed by atoms with E-state index in [-0.39, 0.29) is 0 Å². The van der Waals surface area contributed by atoms with Crippen LogP contribution in [0.5, 0.6) is 0 Å². The molecule has 6 heteroatoms. The maximum Gasteiger partial charge on any atom is 0.335 e. The van der Waals surface area contributed by atoms with Crippen molar-refractivity contribution in [1.82, 2.24) is 4.98 Å². The summed E-state index contributed by atoms with van der Waals surface area (Å²) >= 11 is 1.47. The smallest absolute Gasteiger partial charge is 0.335 e. The Labute approximate surface area is 114 Å². The second kappa shape index (κ2) is 6.10. The lowest BCUT2D eigenvalue weighted by molar-refractivity contribution is 0.0697. The van der Waals surface area contributed by atoms with Crippen LogP contribution in [0, 0.1) is 0 Å². The van der Waals surface area contributed by atoms with Crippen molar-refractivity contribution >= 4 is 29.2 Å². The van der Waals surface area contributed by atoms with Gasteiger partial charge < -0.3 is 5.11 Å². The number of hydrogen-bond acceptors (Lipinski definition) is 5. The van der Waals surface area contributed by atoms with Crippen molar-refractivity contribution in [2.45, 2.75) is 12.8 Å². The van der Waals surface area contributed by atoms with Crippen LogP contribution in [0.4, 0.5) is 5.13 Å². The fourth-order valence-electron chi connectivity index (χ4n) is 1.67. The molecule has 0 unspecified atom stereocenters. The Balaban J connectivity index is 1.99. The predicted octanol–water partition coefficient (Wildman–Crippen LogP) is 2.65. The predicted molar refractivity (Wildman–Crippen MR) is 76.1 cm³/mol. The van der Waals surface area contributed by atoms with Crippen LogP contribution in [0.25, 0.3) is 0 Å². The molecule has 0 aliphatic heterocycles. The number of hydrogen-bond donors (Lipinski definition) is 2. The maximum absolute atomic E-state index is 10.9. The Hall–Kier alpha value is -2.21. The standard InChI is InChI=1S/C13H13N3O2S/c1-14-16-13-15-11(8-19-13)6-5-9-3-2-4-10(7-9)12(17)18/h2-4,7-8H,1,5-6H2,(H,15,16)(H,17,18). The molecule has 0 saturated heterocycles. The van der Waals surface area contributed by atoms with Gasteiger partial charge in [-0.2, -0.15) is 5.10 Å². The summed E-state index contributed by atoms with van der Waals surface area (Å²) in [6.07, 6.45) is 1.52. The quantitative estimate of drug-likeness (QED) is 0.628. The maximum atomic E-state index is 10.9. The second-order valence-corrected chi connectivity index (χ2v) is 4.78. The summed E-state index contributed by atoms with van der Waals surface area (Å²) in [5.74, 6) is -0.904. The number of hydrazone groups is 1. The first-order valence-electron chi connectivity index (χ1n) is 5.67. The molecule has 0 radical (unpaired) electrons. The van der Waals surface area contributed by atoms with Gasteiger partial charge in [0, 0.05) is 12.1 Å². The molecule has 0 aliphatic rings. The van der Waals surface area contributed by atoms with Gasteiger partial charge in [-0.1, -0.05) is 12.1 Å². The Kier molecular flexibility index (Phi) is 4.25. The molecule has 0 atom stereocenters. The van der Waals surface area contributed by atoms with Crippen molar-refractivity contribution in [3.05, 3.63) is 46.5 Å². The molecule has 0 fully saturated rings. The molecule has 2 N–H and O–H groups in total. The number of carbonyl (C=O) groups is 1. The van der Waals surface area contributed by atoms with E-state index in [4.69, 9.17) is 5.11 Å². The highest BCUT2D eigenvalue weighted by atomic mass is 32.1. The molecule has 1 heterocycles. The normalized spacial score (nSPS) is 10.1. The second-order valence-electron chi connectivity index (χ2n) is 3.92. The van der Waals surface area contributed by atoms with Crippen molar-refractivity contribution in [2.75, 3.05) is 5.43 Å². The third-order valence-electron chi connectivity index (χ3n) is 2.57. The summed E-state index contributed by atoms with van der Waals surface area (Å²) < 4.78 is 0. The number of aryl methyl sites for hydroxylation is 2. The molecule has 2 aromatic rings. The van der Waals surface area contributed by atoms with E-state index in [0.29, 0.717) is 10.7 Å². The first kappa shape index (κ1) is 13.2. The summed E-state index contributed by atoms with van der Waals surface area (Å²) in [5, 5.41) is 15.1. The van der Waals surface area contributed by atoms with Crippen molar-refractivity contribution in [1.29, 1.82) is 0 Å². The van der Waals surface area contributed by atoms with E-state index in [2.05, 4.69) is 22.2 Å². The number of benzene rings is 1. The first-order valence-corrected chi connectivity index (χ1v) is 6.55. The van der Waals surface area contributed by atoms with E-state index in [1.165, 1.54) is 11.3 Å². The van der Waals surface area contributed by atoms with E-state index < -0.39 is 5.97 Å². The molecule has 0 saturated carbocycles. The highest BCUT2D eigenvalue weighted by molar-refractivity contribution is 7.13. The fourth-order valence-corrected chi connectivity index (χ4v) is 2.38. The molecule has 5 nitrogen and oxygen atoms in total. The number of carboxylic acid groups (broad SMARTS) is 1. The molecule has 98 valence electrons. The Bertz CT molecular complexity index is 595. The lowest BCUT2D eigenvalue weighted by atomic mass is 10.1. The van der Waals surface area contributed by atoms with E-state index in [1.807, 2.05) is 11.4 Å². The van der Waals surface area contributed by atoms with Gasteiger partial charge >= 0.3 is 5.97 Å². The van der Waals surface area contributed by atoms with Crippen molar-refractivity contribution in [2.24, 2.45) is 5.10 Å². The molecule has 2 rings (SSSR count). The van der Waals surface area contributed by atoms with Crippen molar-refractivity contribution in [3.8, 4) is 0 Å². The highest BCUT2D eigenvalue weighted by Crippen LogP contribution is 2.17. The monoisotopic (exact) mass is 275 g/mol. The average molecular weight is 275 g/mol. The van der Waals surface area contributed by atoms with E-state index >= 15 is 0 Å². The number of aromatic nitrogens is 1. The van der Waals surface area contributed by atoms with E-state index in [0.717, 1.165) is 24.1 Å². The largest absolute Gasteiger partial charge is 0.478 e. The lowest BCUT2D eigenvalue weighted by Gasteiger charge is -2.01. The number of nitrogens with zero attached hydrogens (tertiary/aromatic N) is 2. The number of aromatic carboxylic acids is 1. The van der Waals surface area contributed by atoms with Crippen LogP contribution in [0.2, 0.25) is 0 Å². The van der Waals surface area contributed by atoms with E-state index in [1.54, 1.807) is 18.2 Å². The van der Waals surface area contributed by atoms with Gasteiger partial charge in [-0.3, -0.25) is 5.43 Å². The van der Waals surface area contributed by atoms with Gasteiger partial charge in [0.15, 0.2) is 0 Å². The summed E-state index contributed by atoms with van der Waals surface area (Å²) in [5.41, 5.74) is 4.95. The van der Waals surface area contributed by atoms with Crippen molar-refractivity contribution in [3.63, 3.8) is 0 Å². The van der Waals surface area contributed by atoms with Crippen LogP contribution in [0.3, 0.4) is 0 Å². The minimum Gasteiger partial charge on any atom is -0.478 e. The van der Waals surface area contributed by atoms with Crippen LogP contribution in [0.15, 0.2) is 34.7 Å². The zero-order valence-electron chi connectivity index (χ0n) is 10.2. The van der Waals surface area contributed by atoms with Crippen LogP contribution in [-0.4, -0.2) is 22.8 Å². The van der Waals surface area contributed by atoms with Gasteiger partial charge in [-0.15, -0.1) is 11.3 Å². The first-order chi connectivity index (χ1) is 9.19. The molecule has 0 bridgehead atoms. The Morgan fingerprint density at radius 3 is 3.05 bits per heavy atom. The minimum atomic E-state index is -0.904. The molecular formula is C13H13N3O2S. The number of carboxylic acids is 1. The number of nitrogens with one attached hydrogen (secondary N) is 1. The molecule has 1 aromatic carbocycles. The SMILES string of the molecule is C=NNc1nc(CCc2cccc(C(=O)O)c2)cs1. The lowest BCUT2D eigenvalue weighted by Crippen LogP contribution is -1.98. The zero-order valence-corrected chi connectivity index (χ0v) is 11.0. The number of anilines is 1. The topological polar surface area (TPSA) is 74.6 Å².